The molecule has 1 aliphatic heterocycles. The van der Waals surface area contributed by atoms with Gasteiger partial charge in [0.1, 0.15) is 5.75 Å². The molecule has 1 saturated heterocycles. The van der Waals surface area contributed by atoms with Gasteiger partial charge in [0.15, 0.2) is 0 Å². The van der Waals surface area contributed by atoms with Crippen LogP contribution in [-0.4, -0.2) is 39.4 Å². The van der Waals surface area contributed by atoms with Crippen molar-refractivity contribution in [3.05, 3.63) is 77.7 Å². The molecule has 1 aromatic heterocycles. The fourth-order valence-electron chi connectivity index (χ4n) is 3.30. The van der Waals surface area contributed by atoms with Crippen LogP contribution in [0.1, 0.15) is 18.0 Å². The van der Waals surface area contributed by atoms with Gasteiger partial charge in [-0.25, -0.2) is 9.29 Å². The molecular formula is C22H23ClN4OS2. The monoisotopic (exact) mass is 458 g/mol. The maximum absolute atomic E-state index is 6.12. The van der Waals surface area contributed by atoms with Crippen molar-refractivity contribution >= 4 is 41.2 Å². The summed E-state index contributed by atoms with van der Waals surface area (Å²) in [5.74, 6) is 2.42. The average Bonchev–Trinajstić information content (AvgIpc) is 3.20. The fourth-order valence-corrected chi connectivity index (χ4v) is 5.03. The highest BCUT2D eigenvalue weighted by Gasteiger charge is 2.33. The number of aromatic nitrogens is 2. The summed E-state index contributed by atoms with van der Waals surface area (Å²) in [6, 6.07) is 16.5. The molecule has 0 aliphatic carbocycles. The number of anilines is 1. The summed E-state index contributed by atoms with van der Waals surface area (Å²) in [5, 5.41) is 0.746. The standard InChI is InChI=1S/C22H23ClN4OS2/c1-29-13-3-12-26-16-21(27(30-26)19-8-6-18(23)7-9-19)17-4-2-5-20(14-17)28-22-15-24-10-11-25-22/h2,4-11,14-15,21H,3,12-13,16H2,1H3. The van der Waals surface area contributed by atoms with Gasteiger partial charge in [0, 0.05) is 48.3 Å². The molecule has 0 bridgehead atoms. The highest BCUT2D eigenvalue weighted by Crippen LogP contribution is 2.43. The maximum Gasteiger partial charge on any atom is 0.237 e. The zero-order chi connectivity index (χ0) is 20.8. The number of benzene rings is 2. The predicted octanol–water partition coefficient (Wildman–Crippen LogP) is 6.10. The highest BCUT2D eigenvalue weighted by atomic mass is 35.5. The smallest absolute Gasteiger partial charge is 0.237 e. The molecule has 0 N–H and O–H groups in total. The molecular weight excluding hydrogens is 436 g/mol. The number of halogens is 1. The Morgan fingerprint density at radius 3 is 2.83 bits per heavy atom. The summed E-state index contributed by atoms with van der Waals surface area (Å²) in [6.45, 7) is 2.00. The summed E-state index contributed by atoms with van der Waals surface area (Å²) in [4.78, 5) is 8.27. The molecule has 30 heavy (non-hydrogen) atoms. The third-order valence-electron chi connectivity index (χ3n) is 4.70. The number of thioether (sulfide) groups is 1. The van der Waals surface area contributed by atoms with E-state index in [1.165, 1.54) is 17.7 Å². The molecule has 0 spiro atoms. The van der Waals surface area contributed by atoms with Crippen molar-refractivity contribution in [3.63, 3.8) is 0 Å². The quantitative estimate of drug-likeness (QED) is 0.298. The lowest BCUT2D eigenvalue weighted by Gasteiger charge is -2.24. The molecule has 156 valence electrons. The number of nitrogens with zero attached hydrogens (tertiary/aromatic N) is 4. The average molecular weight is 459 g/mol. The predicted molar refractivity (Wildman–Crippen MR) is 127 cm³/mol. The van der Waals surface area contributed by atoms with Gasteiger partial charge in [-0.1, -0.05) is 23.7 Å². The van der Waals surface area contributed by atoms with Gasteiger partial charge in [0.25, 0.3) is 0 Å². The van der Waals surface area contributed by atoms with Gasteiger partial charge in [0.05, 0.1) is 12.2 Å². The molecule has 1 atom stereocenters. The molecule has 0 amide bonds. The number of hydrogen-bond acceptors (Lipinski definition) is 7. The van der Waals surface area contributed by atoms with Gasteiger partial charge in [-0.3, -0.25) is 9.29 Å². The SMILES string of the molecule is CSCCCN1CC(c2cccc(Oc3cnccn3)c2)N(c2ccc(Cl)cc2)S1. The minimum Gasteiger partial charge on any atom is -0.437 e. The Balaban J connectivity index is 1.57. The Kier molecular flexibility index (Phi) is 7.38. The lowest BCUT2D eigenvalue weighted by molar-refractivity contribution is 0.454. The van der Waals surface area contributed by atoms with Crippen LogP contribution in [0, 0.1) is 0 Å². The molecule has 5 nitrogen and oxygen atoms in total. The summed E-state index contributed by atoms with van der Waals surface area (Å²) in [5.41, 5.74) is 2.34. The number of hydrogen-bond donors (Lipinski definition) is 0. The minimum absolute atomic E-state index is 0.205. The van der Waals surface area contributed by atoms with Gasteiger partial charge in [-0.15, -0.1) is 0 Å². The minimum atomic E-state index is 0.205. The summed E-state index contributed by atoms with van der Waals surface area (Å²) in [7, 11) is 0. The molecule has 4 rings (SSSR count). The van der Waals surface area contributed by atoms with Crippen LogP contribution in [0.15, 0.2) is 67.1 Å². The first-order chi connectivity index (χ1) is 14.7. The van der Waals surface area contributed by atoms with E-state index in [9.17, 15) is 0 Å². The Morgan fingerprint density at radius 1 is 1.20 bits per heavy atom. The molecule has 1 aliphatic rings. The summed E-state index contributed by atoms with van der Waals surface area (Å²) < 4.78 is 10.7. The first kappa shape index (κ1) is 21.3. The molecule has 0 radical (unpaired) electrons. The molecule has 2 heterocycles. The second-order valence-electron chi connectivity index (χ2n) is 6.85. The van der Waals surface area contributed by atoms with Gasteiger partial charge >= 0.3 is 0 Å². The van der Waals surface area contributed by atoms with Crippen molar-refractivity contribution in [3.8, 4) is 11.6 Å². The van der Waals surface area contributed by atoms with Gasteiger partial charge in [-0.05, 0) is 60.4 Å². The van der Waals surface area contributed by atoms with Crippen molar-refractivity contribution in [2.75, 3.05) is 29.4 Å². The van der Waals surface area contributed by atoms with E-state index >= 15 is 0 Å². The topological polar surface area (TPSA) is 41.5 Å². The molecule has 2 aromatic carbocycles. The van der Waals surface area contributed by atoms with E-state index in [1.54, 1.807) is 30.7 Å². The maximum atomic E-state index is 6.12. The van der Waals surface area contributed by atoms with Gasteiger partial charge in [-0.2, -0.15) is 11.8 Å². The van der Waals surface area contributed by atoms with Crippen LogP contribution in [0.3, 0.4) is 0 Å². The molecule has 1 fully saturated rings. The Labute approximate surface area is 191 Å². The van der Waals surface area contributed by atoms with Gasteiger partial charge < -0.3 is 4.74 Å². The van der Waals surface area contributed by atoms with E-state index in [-0.39, 0.29) is 6.04 Å². The summed E-state index contributed by atoms with van der Waals surface area (Å²) >= 11 is 9.79. The third-order valence-corrected chi connectivity index (χ3v) is 6.86. The highest BCUT2D eigenvalue weighted by molar-refractivity contribution is 7.98. The first-order valence-corrected chi connectivity index (χ1v) is 12.2. The number of ether oxygens (including phenoxy) is 1. The molecule has 3 aromatic rings. The van der Waals surface area contributed by atoms with E-state index in [0.29, 0.717) is 5.88 Å². The first-order valence-electron chi connectivity index (χ1n) is 9.73. The lowest BCUT2D eigenvalue weighted by atomic mass is 10.1. The molecule has 0 saturated carbocycles. The third kappa shape index (κ3) is 5.40. The van der Waals surface area contributed by atoms with E-state index in [2.05, 4.69) is 49.1 Å². The number of rotatable bonds is 8. The van der Waals surface area contributed by atoms with Crippen molar-refractivity contribution < 1.29 is 4.74 Å². The lowest BCUT2D eigenvalue weighted by Crippen LogP contribution is -2.19. The summed E-state index contributed by atoms with van der Waals surface area (Å²) in [6.07, 6.45) is 8.20. The van der Waals surface area contributed by atoms with E-state index in [0.717, 1.165) is 29.5 Å². The second-order valence-corrected chi connectivity index (χ2v) is 9.35. The Morgan fingerprint density at radius 2 is 2.07 bits per heavy atom. The van der Waals surface area contributed by atoms with Crippen molar-refractivity contribution in [2.45, 2.75) is 12.5 Å². The molecule has 1 unspecified atom stereocenters. The van der Waals surface area contributed by atoms with Crippen LogP contribution in [0.2, 0.25) is 5.02 Å². The zero-order valence-corrected chi connectivity index (χ0v) is 19.0. The zero-order valence-electron chi connectivity index (χ0n) is 16.6. The molecule has 8 heteroatoms. The van der Waals surface area contributed by atoms with Crippen LogP contribution in [-0.2, 0) is 0 Å². The van der Waals surface area contributed by atoms with Crippen LogP contribution >= 0.6 is 35.5 Å². The largest absolute Gasteiger partial charge is 0.437 e. The normalized spacial score (nSPS) is 16.7. The van der Waals surface area contributed by atoms with Crippen molar-refractivity contribution in [2.24, 2.45) is 0 Å². The van der Waals surface area contributed by atoms with Gasteiger partial charge in [0.2, 0.25) is 5.88 Å². The van der Waals surface area contributed by atoms with Crippen molar-refractivity contribution in [1.82, 2.24) is 14.3 Å². The van der Waals surface area contributed by atoms with Crippen molar-refractivity contribution in [1.29, 1.82) is 0 Å². The Hall–Kier alpha value is -1.93. The second kappa shape index (κ2) is 10.4. The van der Waals surface area contributed by atoms with E-state index < -0.39 is 0 Å². The van der Waals surface area contributed by atoms with Crippen LogP contribution in [0.5, 0.6) is 11.6 Å². The van der Waals surface area contributed by atoms with E-state index in [1.807, 2.05) is 36.0 Å². The van der Waals surface area contributed by atoms with E-state index in [4.69, 9.17) is 16.3 Å². The van der Waals surface area contributed by atoms with Crippen LogP contribution < -0.4 is 9.04 Å². The Bertz CT molecular complexity index is 945. The van der Waals surface area contributed by atoms with Crippen LogP contribution in [0.4, 0.5) is 5.69 Å². The van der Waals surface area contributed by atoms with Crippen LogP contribution in [0.25, 0.3) is 0 Å². The fraction of sp³-hybridized carbons (Fsp3) is 0.273.